The molecule has 0 aromatic heterocycles. The molecule has 0 radical (unpaired) electrons. The standard InChI is InChI=1S/C19H21F3N2O3/c1-11(2)9-12-3-6-16(15(21)10-12)23-18-13(4-5-14(20)17(18)22)19(26)24-27-8-7-25/h3-6,10-11,23,25H,7-9H2,1-2H3,(H,24,26). The fraction of sp³-hybridized carbons (Fsp3) is 0.316. The SMILES string of the molecule is CC(C)Cc1ccc(Nc2c(C(=O)NOCCO)ccc(F)c2F)c(F)c1. The number of aliphatic hydroxyl groups excluding tert-OH is 1. The van der Waals surface area contributed by atoms with Crippen LogP contribution in [0.25, 0.3) is 0 Å². The first-order valence-electron chi connectivity index (χ1n) is 8.40. The first-order valence-corrected chi connectivity index (χ1v) is 8.40. The Morgan fingerprint density at radius 1 is 1.15 bits per heavy atom. The average molecular weight is 382 g/mol. The second-order valence-electron chi connectivity index (χ2n) is 6.32. The van der Waals surface area contributed by atoms with Gasteiger partial charge in [0.15, 0.2) is 11.6 Å². The largest absolute Gasteiger partial charge is 0.394 e. The highest BCUT2D eigenvalue weighted by Gasteiger charge is 2.20. The maximum Gasteiger partial charge on any atom is 0.277 e. The van der Waals surface area contributed by atoms with Gasteiger partial charge in [-0.3, -0.25) is 9.63 Å². The minimum absolute atomic E-state index is 0.0997. The second kappa shape index (κ2) is 9.38. The Balaban J connectivity index is 2.32. The first-order chi connectivity index (χ1) is 12.8. The quantitative estimate of drug-likeness (QED) is 0.481. The van der Waals surface area contributed by atoms with Gasteiger partial charge in [0.1, 0.15) is 5.82 Å². The molecule has 0 aliphatic carbocycles. The highest BCUT2D eigenvalue weighted by atomic mass is 19.2. The van der Waals surface area contributed by atoms with Crippen molar-refractivity contribution in [2.45, 2.75) is 20.3 Å². The van der Waals surface area contributed by atoms with Crippen LogP contribution in [0.2, 0.25) is 0 Å². The maximum absolute atomic E-state index is 14.4. The van der Waals surface area contributed by atoms with Gasteiger partial charge >= 0.3 is 0 Å². The summed E-state index contributed by atoms with van der Waals surface area (Å²) >= 11 is 0. The zero-order chi connectivity index (χ0) is 20.0. The zero-order valence-electron chi connectivity index (χ0n) is 15.0. The zero-order valence-corrected chi connectivity index (χ0v) is 15.0. The summed E-state index contributed by atoms with van der Waals surface area (Å²) in [5.41, 5.74) is 1.87. The molecule has 5 nitrogen and oxygen atoms in total. The Labute approximate surface area is 155 Å². The van der Waals surface area contributed by atoms with Crippen molar-refractivity contribution >= 4 is 17.3 Å². The smallest absolute Gasteiger partial charge is 0.277 e. The third kappa shape index (κ3) is 5.45. The predicted octanol–water partition coefficient (Wildman–Crippen LogP) is 3.70. The monoisotopic (exact) mass is 382 g/mol. The van der Waals surface area contributed by atoms with Crippen molar-refractivity contribution in [2.75, 3.05) is 18.5 Å². The molecular formula is C19H21F3N2O3. The number of carbonyl (C=O) groups is 1. The summed E-state index contributed by atoms with van der Waals surface area (Å²) in [7, 11) is 0. The highest BCUT2D eigenvalue weighted by Crippen LogP contribution is 2.28. The van der Waals surface area contributed by atoms with Crippen LogP contribution in [0.3, 0.4) is 0 Å². The minimum Gasteiger partial charge on any atom is -0.394 e. The van der Waals surface area contributed by atoms with Crippen LogP contribution in [-0.2, 0) is 11.3 Å². The molecule has 2 aromatic rings. The van der Waals surface area contributed by atoms with Crippen molar-refractivity contribution in [3.8, 4) is 0 Å². The number of rotatable bonds is 8. The van der Waals surface area contributed by atoms with Crippen LogP contribution in [0.1, 0.15) is 29.8 Å². The lowest BCUT2D eigenvalue weighted by atomic mass is 10.0. The van der Waals surface area contributed by atoms with Gasteiger partial charge in [0, 0.05) is 0 Å². The van der Waals surface area contributed by atoms with Gasteiger partial charge in [0.2, 0.25) is 0 Å². The van der Waals surface area contributed by atoms with Crippen molar-refractivity contribution in [3.05, 3.63) is 58.9 Å². The van der Waals surface area contributed by atoms with Crippen molar-refractivity contribution in [2.24, 2.45) is 5.92 Å². The van der Waals surface area contributed by atoms with E-state index < -0.39 is 29.0 Å². The molecule has 0 fully saturated rings. The molecule has 0 bridgehead atoms. The summed E-state index contributed by atoms with van der Waals surface area (Å²) < 4.78 is 42.3. The van der Waals surface area contributed by atoms with Crippen LogP contribution in [0.5, 0.6) is 0 Å². The van der Waals surface area contributed by atoms with Gasteiger partial charge in [-0.1, -0.05) is 19.9 Å². The van der Waals surface area contributed by atoms with Gasteiger partial charge < -0.3 is 10.4 Å². The maximum atomic E-state index is 14.4. The van der Waals surface area contributed by atoms with E-state index in [1.165, 1.54) is 12.1 Å². The predicted molar refractivity (Wildman–Crippen MR) is 95.1 cm³/mol. The lowest BCUT2D eigenvalue weighted by Gasteiger charge is -2.15. The summed E-state index contributed by atoms with van der Waals surface area (Å²) in [5.74, 6) is -3.71. The number of aliphatic hydroxyl groups is 1. The third-order valence-corrected chi connectivity index (χ3v) is 3.63. The van der Waals surface area contributed by atoms with Gasteiger partial charge in [-0.05, 0) is 42.2 Å². The number of halogens is 3. The van der Waals surface area contributed by atoms with Gasteiger partial charge in [-0.25, -0.2) is 18.7 Å². The highest BCUT2D eigenvalue weighted by molar-refractivity contribution is 5.99. The fourth-order valence-corrected chi connectivity index (χ4v) is 2.47. The third-order valence-electron chi connectivity index (χ3n) is 3.63. The van der Waals surface area contributed by atoms with E-state index in [-0.39, 0.29) is 24.5 Å². The molecule has 0 saturated carbocycles. The number of hydrogen-bond acceptors (Lipinski definition) is 4. The molecule has 1 amide bonds. The van der Waals surface area contributed by atoms with E-state index >= 15 is 0 Å². The van der Waals surface area contributed by atoms with Crippen LogP contribution in [0.15, 0.2) is 30.3 Å². The summed E-state index contributed by atoms with van der Waals surface area (Å²) in [6, 6.07) is 6.21. The number of carbonyl (C=O) groups excluding carboxylic acids is 1. The molecule has 0 atom stereocenters. The molecule has 2 rings (SSSR count). The molecule has 0 aliphatic rings. The molecule has 0 unspecified atom stereocenters. The van der Waals surface area contributed by atoms with Crippen molar-refractivity contribution in [1.82, 2.24) is 5.48 Å². The van der Waals surface area contributed by atoms with E-state index in [9.17, 15) is 18.0 Å². The van der Waals surface area contributed by atoms with E-state index in [2.05, 4.69) is 10.2 Å². The average Bonchev–Trinajstić information content (AvgIpc) is 2.60. The topological polar surface area (TPSA) is 70.6 Å². The van der Waals surface area contributed by atoms with Gasteiger partial charge in [-0.15, -0.1) is 0 Å². The number of hydroxylamine groups is 1. The number of nitrogens with one attached hydrogen (secondary N) is 2. The van der Waals surface area contributed by atoms with Crippen LogP contribution < -0.4 is 10.8 Å². The molecule has 0 saturated heterocycles. The Morgan fingerprint density at radius 3 is 2.52 bits per heavy atom. The molecule has 2 aromatic carbocycles. The van der Waals surface area contributed by atoms with Crippen LogP contribution in [0.4, 0.5) is 24.5 Å². The Kier molecular flexibility index (Phi) is 7.20. The van der Waals surface area contributed by atoms with Crippen molar-refractivity contribution in [1.29, 1.82) is 0 Å². The van der Waals surface area contributed by atoms with Gasteiger partial charge in [-0.2, -0.15) is 0 Å². The molecule has 27 heavy (non-hydrogen) atoms. The van der Waals surface area contributed by atoms with Gasteiger partial charge in [0.05, 0.1) is 30.2 Å². The summed E-state index contributed by atoms with van der Waals surface area (Å²) in [6.07, 6.45) is 0.668. The molecule has 8 heteroatoms. The van der Waals surface area contributed by atoms with E-state index in [1.54, 1.807) is 6.07 Å². The van der Waals surface area contributed by atoms with Crippen molar-refractivity contribution in [3.63, 3.8) is 0 Å². The molecule has 146 valence electrons. The van der Waals surface area contributed by atoms with Crippen LogP contribution in [0, 0.1) is 23.4 Å². The number of amides is 1. The number of hydrogen-bond donors (Lipinski definition) is 3. The molecule has 0 spiro atoms. The van der Waals surface area contributed by atoms with E-state index in [0.717, 1.165) is 17.7 Å². The van der Waals surface area contributed by atoms with Crippen LogP contribution >= 0.6 is 0 Å². The molecule has 0 heterocycles. The molecule has 3 N–H and O–H groups in total. The Hall–Kier alpha value is -2.58. The number of benzene rings is 2. The summed E-state index contributed by atoms with van der Waals surface area (Å²) in [6.45, 7) is 3.48. The first kappa shape index (κ1) is 20.7. The normalized spacial score (nSPS) is 10.9. The lowest BCUT2D eigenvalue weighted by Crippen LogP contribution is -2.26. The van der Waals surface area contributed by atoms with Gasteiger partial charge in [0.25, 0.3) is 5.91 Å². The number of anilines is 2. The fourth-order valence-electron chi connectivity index (χ4n) is 2.47. The lowest BCUT2D eigenvalue weighted by molar-refractivity contribution is 0.0168. The minimum atomic E-state index is -1.32. The van der Waals surface area contributed by atoms with E-state index in [1.807, 2.05) is 19.3 Å². The van der Waals surface area contributed by atoms with E-state index in [4.69, 9.17) is 5.11 Å². The summed E-state index contributed by atoms with van der Waals surface area (Å²) in [5, 5.41) is 11.1. The Bertz CT molecular complexity index is 813. The summed E-state index contributed by atoms with van der Waals surface area (Å²) in [4.78, 5) is 16.8. The molecule has 0 aliphatic heterocycles. The van der Waals surface area contributed by atoms with Crippen molar-refractivity contribution < 1.29 is 27.9 Å². The second-order valence-corrected chi connectivity index (χ2v) is 6.32. The van der Waals surface area contributed by atoms with Crippen LogP contribution in [-0.4, -0.2) is 24.2 Å². The molecular weight excluding hydrogens is 361 g/mol. The van der Waals surface area contributed by atoms with E-state index in [0.29, 0.717) is 12.3 Å². The Morgan fingerprint density at radius 2 is 1.89 bits per heavy atom.